The number of rotatable bonds is 6. The molecule has 0 spiro atoms. The van der Waals surface area contributed by atoms with Gasteiger partial charge < -0.3 is 8.84 Å². The average molecular weight is 333 g/mol. The normalized spacial score (nSPS) is 13.7. The van der Waals surface area contributed by atoms with Gasteiger partial charge in [-0.25, -0.2) is 4.98 Å². The lowest BCUT2D eigenvalue weighted by molar-refractivity contribution is 0.0787. The Morgan fingerprint density at radius 3 is 2.29 bits per heavy atom. The van der Waals surface area contributed by atoms with E-state index in [2.05, 4.69) is 29.9 Å². The molecule has 0 saturated heterocycles. The van der Waals surface area contributed by atoms with E-state index in [0.717, 1.165) is 6.26 Å². The maximum absolute atomic E-state index is 11.0. The molecule has 0 aliphatic rings. The molecule has 0 unspecified atom stereocenters. The Morgan fingerprint density at radius 1 is 1.24 bits per heavy atom. The summed E-state index contributed by atoms with van der Waals surface area (Å²) in [4.78, 5) is 4.19. The van der Waals surface area contributed by atoms with Gasteiger partial charge in [0.15, 0.2) is 5.76 Å². The smallest absolute Gasteiger partial charge is 0.264 e. The van der Waals surface area contributed by atoms with Gasteiger partial charge in [0.25, 0.3) is 10.1 Å². The van der Waals surface area contributed by atoms with Gasteiger partial charge in [-0.15, -0.1) is 0 Å². The van der Waals surface area contributed by atoms with Crippen LogP contribution in [-0.4, -0.2) is 29.4 Å². The van der Waals surface area contributed by atoms with E-state index >= 15 is 0 Å². The molecule has 120 valence electrons. The molecule has 0 atom stereocenters. The van der Waals surface area contributed by atoms with Crippen LogP contribution in [0.25, 0.3) is 0 Å². The van der Waals surface area contributed by atoms with Crippen LogP contribution in [0.4, 0.5) is 0 Å². The number of aromatic nitrogens is 1. The average Bonchev–Trinajstić information content (AvgIpc) is 2.65. The number of hydrogen-bond donors (Lipinski definition) is 0. The Bertz CT molecular complexity index is 586. The van der Waals surface area contributed by atoms with Crippen molar-refractivity contribution in [2.75, 3.05) is 6.26 Å². The second-order valence-electron chi connectivity index (χ2n) is 6.45. The second kappa shape index (κ2) is 6.19. The van der Waals surface area contributed by atoms with Crippen LogP contribution in [0.2, 0.25) is 5.04 Å². The molecule has 0 aliphatic heterocycles. The van der Waals surface area contributed by atoms with E-state index in [1.807, 2.05) is 13.8 Å². The van der Waals surface area contributed by atoms with Crippen LogP contribution >= 0.6 is 0 Å². The van der Waals surface area contributed by atoms with Gasteiger partial charge >= 0.3 is 0 Å². The number of aryl methyl sites for hydroxylation is 1. The van der Waals surface area contributed by atoms with Gasteiger partial charge in [0.2, 0.25) is 15.7 Å². The lowest BCUT2D eigenvalue weighted by atomic mass is 10.1. The minimum atomic E-state index is -3.52. The fraction of sp³-hybridized carbons (Fsp3) is 0.769. The summed E-state index contributed by atoms with van der Waals surface area (Å²) in [6, 6.07) is 0. The van der Waals surface area contributed by atoms with Gasteiger partial charge in [-0.3, -0.25) is 4.18 Å². The molecule has 1 rings (SSSR count). The van der Waals surface area contributed by atoms with Gasteiger partial charge in [0.05, 0.1) is 11.9 Å². The lowest BCUT2D eigenvalue weighted by Gasteiger charge is -2.27. The maximum Gasteiger partial charge on any atom is 0.264 e. The first-order valence-corrected chi connectivity index (χ1v) is 9.29. The topological polar surface area (TPSA) is 78.6 Å². The summed E-state index contributed by atoms with van der Waals surface area (Å²) in [7, 11) is -3.22. The van der Waals surface area contributed by atoms with Crippen molar-refractivity contribution < 1.29 is 21.4 Å². The van der Waals surface area contributed by atoms with Gasteiger partial charge in [-0.2, -0.15) is 8.42 Å². The van der Waals surface area contributed by atoms with Crippen LogP contribution < -0.4 is 0 Å². The van der Waals surface area contributed by atoms with E-state index in [0.29, 0.717) is 21.2 Å². The van der Waals surface area contributed by atoms with Crippen LogP contribution in [0.5, 0.6) is 0 Å². The van der Waals surface area contributed by atoms with E-state index in [1.165, 1.54) is 0 Å². The Hall–Kier alpha value is -0.703. The van der Waals surface area contributed by atoms with E-state index in [9.17, 15) is 8.42 Å². The highest BCUT2D eigenvalue weighted by Gasteiger charge is 2.31. The Balaban J connectivity index is 2.85. The molecule has 0 N–H and O–H groups in total. The zero-order valence-electron chi connectivity index (χ0n) is 13.6. The van der Waals surface area contributed by atoms with Crippen molar-refractivity contribution in [3.8, 4) is 0 Å². The largest absolute Gasteiger partial charge is 0.440 e. The van der Waals surface area contributed by atoms with Gasteiger partial charge in [0.1, 0.15) is 12.2 Å². The number of nitrogens with zero attached hydrogens (tertiary/aromatic N) is 1. The fourth-order valence-electron chi connectivity index (χ4n) is 1.56. The van der Waals surface area contributed by atoms with Crippen molar-refractivity contribution in [2.45, 2.75) is 58.8 Å². The minimum absolute atomic E-state index is 0.0629. The lowest BCUT2D eigenvalue weighted by Crippen LogP contribution is -2.27. The summed E-state index contributed by atoms with van der Waals surface area (Å²) in [5.74, 6) is 0.815. The molecule has 2 radical (unpaired) electrons. The third-order valence-corrected chi connectivity index (χ3v) is 4.17. The summed E-state index contributed by atoms with van der Waals surface area (Å²) in [5.41, 5.74) is 0.0393. The van der Waals surface area contributed by atoms with E-state index in [4.69, 9.17) is 8.84 Å². The van der Waals surface area contributed by atoms with Gasteiger partial charge in [-0.1, -0.05) is 20.8 Å². The maximum atomic E-state index is 11.0. The highest BCUT2D eigenvalue weighted by Crippen LogP contribution is 2.31. The highest BCUT2D eigenvalue weighted by atomic mass is 32.2. The first-order chi connectivity index (χ1) is 9.30. The van der Waals surface area contributed by atoms with Crippen molar-refractivity contribution in [3.05, 3.63) is 17.3 Å². The minimum Gasteiger partial charge on any atom is -0.440 e. The van der Waals surface area contributed by atoms with Crippen molar-refractivity contribution in [1.29, 1.82) is 0 Å². The summed E-state index contributed by atoms with van der Waals surface area (Å²) in [6.07, 6.45) is 0.987. The molecule has 8 heteroatoms. The van der Waals surface area contributed by atoms with Crippen LogP contribution in [-0.2, 0) is 30.9 Å². The van der Waals surface area contributed by atoms with Crippen molar-refractivity contribution in [2.24, 2.45) is 0 Å². The third-order valence-electron chi connectivity index (χ3n) is 2.40. The summed E-state index contributed by atoms with van der Waals surface area (Å²) in [6.45, 7) is 11.7. The van der Waals surface area contributed by atoms with Crippen LogP contribution in [0.3, 0.4) is 0 Å². The molecule has 0 aliphatic carbocycles. The highest BCUT2D eigenvalue weighted by molar-refractivity contribution is 7.85. The Labute approximate surface area is 129 Å². The van der Waals surface area contributed by atoms with E-state index in [1.54, 1.807) is 6.92 Å². The SMILES string of the molecule is Cc1nc(COS(C)(=O)=O)oc1C(C)(C)O[Si]C(C)(C)C. The third kappa shape index (κ3) is 6.29. The first kappa shape index (κ1) is 18.3. The molecular weight excluding hydrogens is 310 g/mol. The van der Waals surface area contributed by atoms with Gasteiger partial charge in [0, 0.05) is 0 Å². The molecule has 1 heterocycles. The first-order valence-electron chi connectivity index (χ1n) is 6.56. The molecule has 0 saturated carbocycles. The fourth-order valence-corrected chi connectivity index (χ4v) is 2.53. The summed E-state index contributed by atoms with van der Waals surface area (Å²) in [5, 5.41) is 0.0629. The summed E-state index contributed by atoms with van der Waals surface area (Å²) < 4.78 is 38.2. The molecule has 0 fully saturated rings. The molecule has 0 aromatic carbocycles. The molecule has 0 bridgehead atoms. The molecular formula is C13H23NO5SSi. The van der Waals surface area contributed by atoms with E-state index < -0.39 is 15.7 Å². The van der Waals surface area contributed by atoms with Crippen LogP contribution in [0, 0.1) is 6.92 Å². The summed E-state index contributed by atoms with van der Waals surface area (Å²) >= 11 is 0. The zero-order chi connectivity index (χ0) is 16.5. The Kier molecular flexibility index (Phi) is 5.41. The van der Waals surface area contributed by atoms with Gasteiger partial charge in [-0.05, 0) is 25.8 Å². The predicted octanol–water partition coefficient (Wildman–Crippen LogP) is 2.55. The van der Waals surface area contributed by atoms with Crippen molar-refractivity contribution in [3.63, 3.8) is 0 Å². The standard InChI is InChI=1S/C13H23NO5SSi/c1-9-11(13(5,6)19-21-12(2,3)4)18-10(14-9)8-17-20(7,15)16/h8H2,1-7H3. The molecule has 1 aromatic rings. The second-order valence-corrected chi connectivity index (χ2v) is 10.0. The number of oxazole rings is 1. The molecule has 1 aromatic heterocycles. The Morgan fingerprint density at radius 2 is 1.81 bits per heavy atom. The monoisotopic (exact) mass is 333 g/mol. The molecule has 6 nitrogen and oxygen atoms in total. The van der Waals surface area contributed by atoms with E-state index in [-0.39, 0.29) is 17.5 Å². The quantitative estimate of drug-likeness (QED) is 0.588. The van der Waals surface area contributed by atoms with Crippen LogP contribution in [0.15, 0.2) is 4.42 Å². The van der Waals surface area contributed by atoms with Crippen molar-refractivity contribution in [1.82, 2.24) is 4.98 Å². The molecule has 21 heavy (non-hydrogen) atoms. The predicted molar refractivity (Wildman–Crippen MR) is 80.5 cm³/mol. The zero-order valence-corrected chi connectivity index (χ0v) is 15.4. The van der Waals surface area contributed by atoms with Crippen LogP contribution in [0.1, 0.15) is 52.0 Å². The van der Waals surface area contributed by atoms with Crippen molar-refractivity contribution >= 4 is 19.9 Å². The molecule has 0 amide bonds. The number of hydrogen-bond acceptors (Lipinski definition) is 6.